The second kappa shape index (κ2) is 17.7. The number of amides is 2. The molecule has 1 aliphatic rings. The monoisotopic (exact) mass is 782 g/mol. The van der Waals surface area contributed by atoms with E-state index >= 15 is 0 Å². The van der Waals surface area contributed by atoms with Crippen molar-refractivity contribution >= 4 is 76.9 Å². The van der Waals surface area contributed by atoms with Gasteiger partial charge in [-0.2, -0.15) is 0 Å². The van der Waals surface area contributed by atoms with Crippen molar-refractivity contribution < 1.29 is 43.2 Å². The summed E-state index contributed by atoms with van der Waals surface area (Å²) in [6.07, 6.45) is -3.19. The molecule has 2 unspecified atom stereocenters. The number of thioether (sulfide) groups is 2. The minimum Gasteiger partial charge on any atom is -0.457 e. The Hall–Kier alpha value is -3.62. The third kappa shape index (κ3) is 11.4. The number of carbonyl (C=O) groups excluding carboxylic acids is 3. The number of aliphatic hydroxyl groups excluding tert-OH is 1. The number of hydrogen-bond donors (Lipinski definition) is 2. The highest BCUT2D eigenvalue weighted by atomic mass is 32.2. The van der Waals surface area contributed by atoms with Crippen molar-refractivity contribution in [2.24, 2.45) is 5.92 Å². The Labute approximate surface area is 310 Å². The second-order valence-corrected chi connectivity index (χ2v) is 21.5. The molecule has 1 heterocycles. The van der Waals surface area contributed by atoms with Crippen LogP contribution in [-0.4, -0.2) is 79.2 Å². The summed E-state index contributed by atoms with van der Waals surface area (Å²) in [5.41, 5.74) is 0.825. The minimum atomic E-state index is -2.32. The minimum absolute atomic E-state index is 0.0740. The van der Waals surface area contributed by atoms with E-state index in [9.17, 15) is 39.7 Å². The number of carbonyl (C=O) groups is 3. The lowest BCUT2D eigenvalue weighted by Gasteiger charge is -2.51. The van der Waals surface area contributed by atoms with E-state index in [0.717, 1.165) is 16.7 Å². The van der Waals surface area contributed by atoms with Crippen LogP contribution in [0.25, 0.3) is 0 Å². The molecule has 2 aromatic carbocycles. The third-order valence-electron chi connectivity index (χ3n) is 8.47. The molecule has 3 rings (SSSR count). The van der Waals surface area contributed by atoms with Crippen LogP contribution in [0.1, 0.15) is 45.7 Å². The maximum absolute atomic E-state index is 13.5. The summed E-state index contributed by atoms with van der Waals surface area (Å²) < 4.78 is 17.4. The zero-order valence-electron chi connectivity index (χ0n) is 29.2. The topological polar surface area (TPSA) is 201 Å². The van der Waals surface area contributed by atoms with Crippen LogP contribution in [0.15, 0.2) is 48.5 Å². The van der Waals surface area contributed by atoms with Crippen molar-refractivity contribution in [2.45, 2.75) is 89.7 Å². The maximum Gasteiger partial charge on any atom is 0.407 e. The number of benzene rings is 2. The second-order valence-electron chi connectivity index (χ2n) is 13.4. The third-order valence-corrected chi connectivity index (χ3v) is 16.2. The lowest BCUT2D eigenvalue weighted by Crippen LogP contribution is -2.68. The highest BCUT2D eigenvalue weighted by molar-refractivity contribution is 8.47. The van der Waals surface area contributed by atoms with E-state index in [-0.39, 0.29) is 29.6 Å². The summed E-state index contributed by atoms with van der Waals surface area (Å²) in [5.74, 6) is -1.98. The van der Waals surface area contributed by atoms with Gasteiger partial charge in [0, 0.05) is 36.1 Å². The predicted octanol–water partition coefficient (Wildman–Crippen LogP) is 6.13. The number of nitro benzene ring substituents is 2. The molecule has 5 atom stereocenters. The van der Waals surface area contributed by atoms with Gasteiger partial charge in [-0.25, -0.2) is 9.59 Å². The zero-order chi connectivity index (χ0) is 38.3. The molecule has 1 aliphatic heterocycles. The van der Waals surface area contributed by atoms with Crippen molar-refractivity contribution in [1.82, 2.24) is 10.2 Å². The van der Waals surface area contributed by atoms with Gasteiger partial charge >= 0.3 is 12.1 Å². The number of rotatable bonds is 15. The van der Waals surface area contributed by atoms with Crippen LogP contribution in [0.3, 0.4) is 0 Å². The largest absolute Gasteiger partial charge is 0.457 e. The molecule has 1 saturated heterocycles. The summed E-state index contributed by atoms with van der Waals surface area (Å²) in [5, 5.41) is 34.5. The first-order valence-corrected chi connectivity index (χ1v) is 21.0. The fourth-order valence-corrected chi connectivity index (χ4v) is 8.76. The average molecular weight is 783 g/mol. The van der Waals surface area contributed by atoms with Crippen LogP contribution in [0, 0.1) is 26.1 Å². The lowest BCUT2D eigenvalue weighted by molar-refractivity contribution is -0.385. The molecular formula is C32H42N4O11S3Si. The summed E-state index contributed by atoms with van der Waals surface area (Å²) in [6, 6.07) is 10.6. The Morgan fingerprint density at radius 3 is 1.94 bits per heavy atom. The Morgan fingerprint density at radius 1 is 0.980 bits per heavy atom. The Balaban J connectivity index is 1.62. The van der Waals surface area contributed by atoms with Crippen LogP contribution >= 0.6 is 35.7 Å². The van der Waals surface area contributed by atoms with Crippen LogP contribution in [0.5, 0.6) is 0 Å². The normalized spacial score (nSPS) is 17.8. The molecule has 0 spiro atoms. The lowest BCUT2D eigenvalue weighted by atomic mass is 9.92. The standard InChI is InChI=1S/C32H42N4O11S3Si/c1-19(33-30(40)46-17-22-10-14-24(15-11-22)36(43)44)18-49-31(48)50-28-25(20(2)47-51(6,7)32(3,4)5)26(37)34(28)27(38)29(39)45-16-21-8-12-23(13-9-21)35(41)42/h8-15,19-20,25,27-28,38H,16-18H2,1-7H3,(H,33,40)/t19?,20-,25-,27?,28-/m1/s1. The van der Waals surface area contributed by atoms with Gasteiger partial charge in [-0.15, -0.1) is 11.8 Å². The number of nitrogens with zero attached hydrogens (tertiary/aromatic N) is 3. The smallest absolute Gasteiger partial charge is 0.407 e. The van der Waals surface area contributed by atoms with Gasteiger partial charge in [0.05, 0.1) is 21.9 Å². The van der Waals surface area contributed by atoms with Gasteiger partial charge in [-0.05, 0) is 67.4 Å². The molecule has 15 nitrogen and oxygen atoms in total. The highest BCUT2D eigenvalue weighted by Gasteiger charge is 2.56. The number of nitro groups is 2. The molecule has 2 amide bonds. The Bertz CT molecular complexity index is 1610. The fourth-order valence-electron chi connectivity index (χ4n) is 4.58. The highest BCUT2D eigenvalue weighted by Crippen LogP contribution is 2.45. The molecule has 1 fully saturated rings. The van der Waals surface area contributed by atoms with E-state index in [0.29, 0.717) is 20.4 Å². The number of non-ortho nitro benzene ring substituents is 2. The number of ether oxygens (including phenoxy) is 2. The van der Waals surface area contributed by atoms with Crippen molar-refractivity contribution in [2.75, 3.05) is 5.75 Å². The van der Waals surface area contributed by atoms with Gasteiger partial charge in [0.2, 0.25) is 12.1 Å². The molecule has 0 aromatic heterocycles. The number of esters is 1. The SMILES string of the molecule is CC(CSC(=S)S[C@@H]1[C@H]([C@@H](C)O[Si](C)(C)C(C)(C)C)C(=O)N1C(O)C(=O)OCc1ccc([N+](=O)[O-])cc1)NC(=O)OCc1ccc([N+](=O)[O-])cc1. The molecular weight excluding hydrogens is 741 g/mol. The summed E-state index contributed by atoms with van der Waals surface area (Å²) in [7, 11) is -2.32. The van der Waals surface area contributed by atoms with Crippen LogP contribution in [-0.2, 0) is 36.7 Å². The van der Waals surface area contributed by atoms with Crippen LogP contribution in [0.4, 0.5) is 16.2 Å². The molecule has 19 heteroatoms. The Kier molecular flexibility index (Phi) is 14.5. The van der Waals surface area contributed by atoms with E-state index in [2.05, 4.69) is 39.2 Å². The van der Waals surface area contributed by atoms with Crippen molar-refractivity contribution in [3.05, 3.63) is 79.9 Å². The molecule has 0 aliphatic carbocycles. The van der Waals surface area contributed by atoms with Gasteiger partial charge < -0.3 is 24.3 Å². The van der Waals surface area contributed by atoms with E-state index in [1.807, 2.05) is 0 Å². The van der Waals surface area contributed by atoms with E-state index in [4.69, 9.17) is 26.1 Å². The number of thiocarbonyl (C=S) groups is 1. The number of likely N-dealkylation sites (tertiary alicyclic amines) is 1. The van der Waals surface area contributed by atoms with Gasteiger partial charge in [-0.3, -0.25) is 29.9 Å². The van der Waals surface area contributed by atoms with Gasteiger partial charge in [0.25, 0.3) is 11.4 Å². The van der Waals surface area contributed by atoms with Crippen LogP contribution < -0.4 is 5.32 Å². The number of hydrogen-bond acceptors (Lipinski definition) is 14. The number of nitrogens with one attached hydrogen (secondary N) is 1. The first-order valence-electron chi connectivity index (χ1n) is 15.8. The zero-order valence-corrected chi connectivity index (χ0v) is 32.7. The van der Waals surface area contributed by atoms with Gasteiger partial charge in [-0.1, -0.05) is 44.8 Å². The molecule has 2 aromatic rings. The summed E-state index contributed by atoms with van der Waals surface area (Å²) in [4.78, 5) is 60.5. The molecule has 51 heavy (non-hydrogen) atoms. The van der Waals surface area contributed by atoms with Crippen molar-refractivity contribution in [1.29, 1.82) is 0 Å². The molecule has 2 N–H and O–H groups in total. The Morgan fingerprint density at radius 2 is 1.47 bits per heavy atom. The van der Waals surface area contributed by atoms with Crippen molar-refractivity contribution in [3.63, 3.8) is 0 Å². The molecule has 278 valence electrons. The van der Waals surface area contributed by atoms with Crippen molar-refractivity contribution in [3.8, 4) is 0 Å². The van der Waals surface area contributed by atoms with E-state index in [1.54, 1.807) is 13.8 Å². The van der Waals surface area contributed by atoms with Crippen LogP contribution in [0.2, 0.25) is 18.1 Å². The summed E-state index contributed by atoms with van der Waals surface area (Å²) in [6.45, 7) is 13.5. The molecule has 0 saturated carbocycles. The average Bonchev–Trinajstić information content (AvgIpc) is 3.04. The predicted molar refractivity (Wildman–Crippen MR) is 199 cm³/mol. The fraction of sp³-hybridized carbons (Fsp3) is 0.500. The van der Waals surface area contributed by atoms with Gasteiger partial charge in [0.1, 0.15) is 22.1 Å². The first-order chi connectivity index (χ1) is 23.7. The number of aliphatic hydroxyl groups is 1. The molecule has 0 radical (unpaired) electrons. The molecule has 0 bridgehead atoms. The summed E-state index contributed by atoms with van der Waals surface area (Å²) >= 11 is 7.97. The van der Waals surface area contributed by atoms with E-state index in [1.165, 1.54) is 60.3 Å². The van der Waals surface area contributed by atoms with Gasteiger partial charge in [0.15, 0.2) is 8.32 Å². The number of alkyl carbamates (subject to hydrolysis) is 1. The number of β-lactam (4-membered cyclic amide) rings is 1. The maximum atomic E-state index is 13.5. The first kappa shape index (κ1) is 41.8. The van der Waals surface area contributed by atoms with E-state index < -0.39 is 65.8 Å². The quantitative estimate of drug-likeness (QED) is 0.0522.